The molecule has 0 atom stereocenters. The Morgan fingerprint density at radius 1 is 1.50 bits per heavy atom. The number of ether oxygens (including phenoxy) is 1. The van der Waals surface area contributed by atoms with Gasteiger partial charge >= 0.3 is 5.97 Å². The summed E-state index contributed by atoms with van der Waals surface area (Å²) in [4.78, 5) is 15.5. The lowest BCUT2D eigenvalue weighted by molar-refractivity contribution is 0.0599. The van der Waals surface area contributed by atoms with Crippen LogP contribution in [0.2, 0.25) is 0 Å². The maximum absolute atomic E-state index is 11.6. The number of nitrogens with zero attached hydrogens (tertiary/aromatic N) is 3. The van der Waals surface area contributed by atoms with Crippen LogP contribution in [-0.2, 0) is 11.3 Å². The van der Waals surface area contributed by atoms with Crippen LogP contribution in [0.15, 0.2) is 36.7 Å². The van der Waals surface area contributed by atoms with Gasteiger partial charge in [-0.05, 0) is 11.6 Å². The first-order chi connectivity index (χ1) is 8.76. The third-order valence-corrected chi connectivity index (χ3v) is 2.58. The maximum Gasteiger partial charge on any atom is 0.338 e. The Labute approximate surface area is 104 Å². The smallest absolute Gasteiger partial charge is 0.338 e. The van der Waals surface area contributed by atoms with Crippen molar-refractivity contribution in [2.45, 2.75) is 6.54 Å². The zero-order valence-corrected chi connectivity index (χ0v) is 9.83. The van der Waals surface area contributed by atoms with Gasteiger partial charge in [0.15, 0.2) is 0 Å². The fourth-order valence-electron chi connectivity index (χ4n) is 1.70. The molecule has 0 unspecified atom stereocenters. The molecule has 0 saturated heterocycles. The zero-order valence-electron chi connectivity index (χ0n) is 9.83. The van der Waals surface area contributed by atoms with Gasteiger partial charge in [-0.2, -0.15) is 5.26 Å². The number of aromatic nitrogens is 2. The van der Waals surface area contributed by atoms with Crippen molar-refractivity contribution in [1.82, 2.24) is 9.55 Å². The number of nitriles is 1. The first-order valence-corrected chi connectivity index (χ1v) is 5.33. The number of hydrogen-bond donors (Lipinski definition) is 0. The minimum atomic E-state index is -0.385. The van der Waals surface area contributed by atoms with Crippen LogP contribution in [-0.4, -0.2) is 22.6 Å². The first-order valence-electron chi connectivity index (χ1n) is 5.33. The van der Waals surface area contributed by atoms with Crippen molar-refractivity contribution in [3.05, 3.63) is 53.6 Å². The van der Waals surface area contributed by atoms with Gasteiger partial charge < -0.3 is 9.30 Å². The van der Waals surface area contributed by atoms with E-state index in [1.165, 1.54) is 7.11 Å². The lowest BCUT2D eigenvalue weighted by atomic mass is 10.1. The molecule has 0 spiro atoms. The van der Waals surface area contributed by atoms with Gasteiger partial charge in [-0.3, -0.25) is 0 Å². The van der Waals surface area contributed by atoms with Gasteiger partial charge in [0.1, 0.15) is 6.07 Å². The third kappa shape index (κ3) is 2.23. The average Bonchev–Trinajstić information content (AvgIpc) is 2.86. The highest BCUT2D eigenvalue weighted by atomic mass is 16.5. The largest absolute Gasteiger partial charge is 0.465 e. The molecule has 0 aliphatic rings. The Bertz CT molecular complexity index is 611. The van der Waals surface area contributed by atoms with E-state index in [-0.39, 0.29) is 5.97 Å². The molecular formula is C13H11N3O2. The van der Waals surface area contributed by atoms with E-state index in [9.17, 15) is 4.79 Å². The molecule has 1 aromatic heterocycles. The SMILES string of the molecule is COC(=O)c1ccccc1Cn1ccnc1C#N. The number of carbonyl (C=O) groups excluding carboxylic acids is 1. The number of imidazole rings is 1. The second-order valence-corrected chi connectivity index (χ2v) is 3.64. The molecule has 0 fully saturated rings. The van der Waals surface area contributed by atoms with Gasteiger partial charge in [0.05, 0.1) is 19.2 Å². The second kappa shape index (κ2) is 5.15. The molecule has 18 heavy (non-hydrogen) atoms. The molecule has 5 nitrogen and oxygen atoms in total. The molecule has 5 heteroatoms. The predicted octanol–water partition coefficient (Wildman–Crippen LogP) is 1.59. The van der Waals surface area contributed by atoms with E-state index in [4.69, 9.17) is 10.00 Å². The highest BCUT2D eigenvalue weighted by Crippen LogP contribution is 2.12. The molecule has 0 radical (unpaired) electrons. The number of carbonyl (C=O) groups is 1. The monoisotopic (exact) mass is 241 g/mol. The topological polar surface area (TPSA) is 67.9 Å². The summed E-state index contributed by atoms with van der Waals surface area (Å²) in [6.45, 7) is 0.411. The molecule has 1 aromatic carbocycles. The van der Waals surface area contributed by atoms with E-state index in [1.807, 2.05) is 18.2 Å². The van der Waals surface area contributed by atoms with Gasteiger partial charge in [-0.15, -0.1) is 0 Å². The molecule has 0 saturated carbocycles. The summed E-state index contributed by atoms with van der Waals surface area (Å²) in [5, 5.41) is 8.89. The van der Waals surface area contributed by atoms with Gasteiger partial charge in [-0.25, -0.2) is 9.78 Å². The van der Waals surface area contributed by atoms with Crippen molar-refractivity contribution < 1.29 is 9.53 Å². The van der Waals surface area contributed by atoms with Crippen LogP contribution in [0, 0.1) is 11.3 Å². The summed E-state index contributed by atoms with van der Waals surface area (Å²) in [7, 11) is 1.34. The van der Waals surface area contributed by atoms with Crippen LogP contribution in [0.3, 0.4) is 0 Å². The van der Waals surface area contributed by atoms with E-state index in [0.29, 0.717) is 17.9 Å². The van der Waals surface area contributed by atoms with E-state index < -0.39 is 0 Å². The molecule has 0 N–H and O–H groups in total. The quantitative estimate of drug-likeness (QED) is 0.765. The number of hydrogen-bond acceptors (Lipinski definition) is 4. The molecule has 0 aliphatic carbocycles. The van der Waals surface area contributed by atoms with Crippen molar-refractivity contribution in [2.75, 3.05) is 7.11 Å². The number of esters is 1. The van der Waals surface area contributed by atoms with E-state index in [2.05, 4.69) is 4.98 Å². The second-order valence-electron chi connectivity index (χ2n) is 3.64. The van der Waals surface area contributed by atoms with Gasteiger partial charge in [-0.1, -0.05) is 18.2 Å². The van der Waals surface area contributed by atoms with Crippen molar-refractivity contribution >= 4 is 5.97 Å². The summed E-state index contributed by atoms with van der Waals surface area (Å²) < 4.78 is 6.41. The normalized spacial score (nSPS) is 9.78. The number of methoxy groups -OCH3 is 1. The Morgan fingerprint density at radius 3 is 3.00 bits per heavy atom. The number of rotatable bonds is 3. The summed E-state index contributed by atoms with van der Waals surface area (Å²) in [6.07, 6.45) is 3.26. The fourth-order valence-corrected chi connectivity index (χ4v) is 1.70. The summed E-state index contributed by atoms with van der Waals surface area (Å²) in [5.41, 5.74) is 1.29. The zero-order chi connectivity index (χ0) is 13.0. The van der Waals surface area contributed by atoms with Gasteiger partial charge in [0.25, 0.3) is 0 Å². The highest BCUT2D eigenvalue weighted by Gasteiger charge is 2.12. The Hall–Kier alpha value is -2.61. The Morgan fingerprint density at radius 2 is 2.28 bits per heavy atom. The van der Waals surface area contributed by atoms with Crippen LogP contribution in [0.25, 0.3) is 0 Å². The molecule has 90 valence electrons. The molecule has 2 aromatic rings. The van der Waals surface area contributed by atoms with E-state index in [0.717, 1.165) is 5.56 Å². The predicted molar refractivity (Wildman–Crippen MR) is 63.8 cm³/mol. The summed E-state index contributed by atoms with van der Waals surface area (Å²) in [5.74, 6) is -0.0705. The standard InChI is InChI=1S/C13H11N3O2/c1-18-13(17)11-5-3-2-4-10(11)9-16-7-6-15-12(16)8-14/h2-7H,9H2,1H3. The van der Waals surface area contributed by atoms with Crippen molar-refractivity contribution in [1.29, 1.82) is 5.26 Å². The minimum Gasteiger partial charge on any atom is -0.465 e. The lowest BCUT2D eigenvalue weighted by Crippen LogP contribution is -2.09. The number of benzene rings is 1. The summed E-state index contributed by atoms with van der Waals surface area (Å²) in [6, 6.07) is 9.13. The first kappa shape index (κ1) is 11.9. The third-order valence-electron chi connectivity index (χ3n) is 2.58. The molecule has 1 heterocycles. The van der Waals surface area contributed by atoms with Gasteiger partial charge in [0, 0.05) is 12.4 Å². The fraction of sp³-hybridized carbons (Fsp3) is 0.154. The molecule has 0 bridgehead atoms. The Kier molecular flexibility index (Phi) is 3.39. The molecule has 0 aliphatic heterocycles. The molecule has 2 rings (SSSR count). The summed E-state index contributed by atoms with van der Waals surface area (Å²) >= 11 is 0. The van der Waals surface area contributed by atoms with Crippen LogP contribution in [0.1, 0.15) is 21.7 Å². The van der Waals surface area contributed by atoms with Crippen molar-refractivity contribution in [3.8, 4) is 6.07 Å². The van der Waals surface area contributed by atoms with E-state index in [1.54, 1.807) is 29.1 Å². The van der Waals surface area contributed by atoms with Crippen LogP contribution >= 0.6 is 0 Å². The maximum atomic E-state index is 11.6. The average molecular weight is 241 g/mol. The minimum absolute atomic E-state index is 0.315. The van der Waals surface area contributed by atoms with Crippen LogP contribution in [0.4, 0.5) is 0 Å². The van der Waals surface area contributed by atoms with Crippen LogP contribution < -0.4 is 0 Å². The Balaban J connectivity index is 2.35. The van der Waals surface area contributed by atoms with Crippen molar-refractivity contribution in [3.63, 3.8) is 0 Å². The lowest BCUT2D eigenvalue weighted by Gasteiger charge is -2.08. The van der Waals surface area contributed by atoms with Gasteiger partial charge in [0.2, 0.25) is 5.82 Å². The van der Waals surface area contributed by atoms with E-state index >= 15 is 0 Å². The molecule has 0 amide bonds. The highest BCUT2D eigenvalue weighted by molar-refractivity contribution is 5.90. The molecular weight excluding hydrogens is 230 g/mol. The van der Waals surface area contributed by atoms with Crippen molar-refractivity contribution in [2.24, 2.45) is 0 Å². The van der Waals surface area contributed by atoms with Crippen LogP contribution in [0.5, 0.6) is 0 Å².